The lowest BCUT2D eigenvalue weighted by atomic mass is 9.90. The maximum absolute atomic E-state index is 4.50. The molecule has 0 saturated heterocycles. The van der Waals surface area contributed by atoms with Gasteiger partial charge in [-0.05, 0) is 35.4 Å². The number of nitrogens with one attached hydrogen (secondary N) is 1. The molecule has 0 aliphatic heterocycles. The van der Waals surface area contributed by atoms with E-state index in [9.17, 15) is 0 Å². The molecule has 102 valence electrons. The first-order chi connectivity index (χ1) is 8.85. The molecule has 1 N–H and O–H groups in total. The van der Waals surface area contributed by atoms with Gasteiger partial charge in [0.1, 0.15) is 5.69 Å². The van der Waals surface area contributed by atoms with Crippen molar-refractivity contribution in [3.05, 3.63) is 35.7 Å². The Bertz CT molecular complexity index is 530. The van der Waals surface area contributed by atoms with Crippen molar-refractivity contribution in [2.75, 3.05) is 0 Å². The van der Waals surface area contributed by atoms with E-state index in [-0.39, 0.29) is 5.41 Å². The highest BCUT2D eigenvalue weighted by molar-refractivity contribution is 5.54. The number of hydrogen-bond donors (Lipinski definition) is 1. The lowest BCUT2D eigenvalue weighted by Crippen LogP contribution is -2.09. The lowest BCUT2D eigenvalue weighted by Gasteiger charge is -2.15. The number of rotatable bonds is 3. The minimum Gasteiger partial charge on any atom is -0.282 e. The highest BCUT2D eigenvalue weighted by atomic mass is 15.1. The van der Waals surface area contributed by atoms with Crippen LogP contribution in [0.5, 0.6) is 0 Å². The first-order valence-corrected chi connectivity index (χ1v) is 6.86. The molecule has 0 bridgehead atoms. The summed E-state index contributed by atoms with van der Waals surface area (Å²) in [4.78, 5) is 4.50. The molecule has 2 aromatic rings. The van der Waals surface area contributed by atoms with Gasteiger partial charge in [-0.15, -0.1) is 0 Å². The fourth-order valence-corrected chi connectivity index (χ4v) is 2.05. The van der Waals surface area contributed by atoms with Crippen LogP contribution >= 0.6 is 0 Å². The van der Waals surface area contributed by atoms with Crippen LogP contribution in [0.25, 0.3) is 11.4 Å². The Labute approximate surface area is 115 Å². The van der Waals surface area contributed by atoms with Crippen LogP contribution in [0.4, 0.5) is 0 Å². The number of aromatic amines is 1. The SMILES string of the molecule is CC(C)c1ccc(-c2cc(CC(C)(C)C)[nH]n2)nc1. The van der Waals surface area contributed by atoms with E-state index in [1.807, 2.05) is 12.3 Å². The molecular formula is C16H23N3. The third kappa shape index (κ3) is 3.66. The van der Waals surface area contributed by atoms with Gasteiger partial charge in [0.25, 0.3) is 0 Å². The van der Waals surface area contributed by atoms with Crippen LogP contribution in [-0.4, -0.2) is 15.2 Å². The number of hydrogen-bond acceptors (Lipinski definition) is 2. The monoisotopic (exact) mass is 257 g/mol. The molecule has 0 atom stereocenters. The number of H-pyrrole nitrogens is 1. The summed E-state index contributed by atoms with van der Waals surface area (Å²) in [5, 5.41) is 7.47. The van der Waals surface area contributed by atoms with Crippen molar-refractivity contribution < 1.29 is 0 Å². The second kappa shape index (κ2) is 5.16. The topological polar surface area (TPSA) is 41.6 Å². The molecule has 0 aromatic carbocycles. The molecule has 3 nitrogen and oxygen atoms in total. The summed E-state index contributed by atoms with van der Waals surface area (Å²) in [6, 6.07) is 6.28. The normalized spacial score (nSPS) is 12.1. The predicted octanol–water partition coefficient (Wildman–Crippen LogP) is 4.18. The van der Waals surface area contributed by atoms with E-state index in [0.29, 0.717) is 5.92 Å². The van der Waals surface area contributed by atoms with Crippen molar-refractivity contribution in [2.24, 2.45) is 5.41 Å². The molecule has 0 saturated carbocycles. The third-order valence-electron chi connectivity index (χ3n) is 3.07. The van der Waals surface area contributed by atoms with Gasteiger partial charge in [0.2, 0.25) is 0 Å². The van der Waals surface area contributed by atoms with Crippen LogP contribution in [0.3, 0.4) is 0 Å². The van der Waals surface area contributed by atoms with E-state index >= 15 is 0 Å². The molecule has 3 heteroatoms. The van der Waals surface area contributed by atoms with Gasteiger partial charge in [-0.25, -0.2) is 0 Å². The summed E-state index contributed by atoms with van der Waals surface area (Å²) < 4.78 is 0. The van der Waals surface area contributed by atoms with Crippen LogP contribution in [0, 0.1) is 5.41 Å². The summed E-state index contributed by atoms with van der Waals surface area (Å²) in [5.41, 5.74) is 4.54. The van der Waals surface area contributed by atoms with Crippen LogP contribution in [0.15, 0.2) is 24.4 Å². The van der Waals surface area contributed by atoms with Crippen molar-refractivity contribution in [1.29, 1.82) is 0 Å². The molecule has 0 amide bonds. The smallest absolute Gasteiger partial charge is 0.111 e. The van der Waals surface area contributed by atoms with Crippen LogP contribution < -0.4 is 0 Å². The highest BCUT2D eigenvalue weighted by Crippen LogP contribution is 2.23. The Morgan fingerprint density at radius 1 is 1.16 bits per heavy atom. The van der Waals surface area contributed by atoms with E-state index in [1.54, 1.807) is 0 Å². The maximum Gasteiger partial charge on any atom is 0.111 e. The molecule has 19 heavy (non-hydrogen) atoms. The largest absolute Gasteiger partial charge is 0.282 e. The Hall–Kier alpha value is -1.64. The fraction of sp³-hybridized carbons (Fsp3) is 0.500. The number of aromatic nitrogens is 3. The van der Waals surface area contributed by atoms with E-state index in [0.717, 1.165) is 23.5 Å². The van der Waals surface area contributed by atoms with Crippen molar-refractivity contribution in [3.63, 3.8) is 0 Å². The van der Waals surface area contributed by atoms with Crippen molar-refractivity contribution >= 4 is 0 Å². The van der Waals surface area contributed by atoms with Gasteiger partial charge in [0, 0.05) is 11.9 Å². The zero-order valence-electron chi connectivity index (χ0n) is 12.5. The van der Waals surface area contributed by atoms with Crippen LogP contribution in [0.1, 0.15) is 51.8 Å². The zero-order chi connectivity index (χ0) is 14.0. The first kappa shape index (κ1) is 13.8. The Morgan fingerprint density at radius 3 is 2.42 bits per heavy atom. The minimum absolute atomic E-state index is 0.263. The van der Waals surface area contributed by atoms with E-state index < -0.39 is 0 Å². The average molecular weight is 257 g/mol. The van der Waals surface area contributed by atoms with Crippen LogP contribution in [-0.2, 0) is 6.42 Å². The average Bonchev–Trinajstić information content (AvgIpc) is 2.75. The van der Waals surface area contributed by atoms with Crippen LogP contribution in [0.2, 0.25) is 0 Å². The first-order valence-electron chi connectivity index (χ1n) is 6.86. The van der Waals surface area contributed by atoms with Gasteiger partial charge < -0.3 is 0 Å². The Morgan fingerprint density at radius 2 is 1.89 bits per heavy atom. The summed E-state index contributed by atoms with van der Waals surface area (Å²) in [6.07, 6.45) is 2.93. The predicted molar refractivity (Wildman–Crippen MR) is 79.1 cm³/mol. The van der Waals surface area contributed by atoms with E-state index in [2.05, 4.69) is 61.9 Å². The van der Waals surface area contributed by atoms with Gasteiger partial charge in [-0.2, -0.15) is 5.10 Å². The van der Waals surface area contributed by atoms with Gasteiger partial charge in [0.05, 0.1) is 5.69 Å². The third-order valence-corrected chi connectivity index (χ3v) is 3.07. The van der Waals surface area contributed by atoms with Gasteiger partial charge in [0.15, 0.2) is 0 Å². The summed E-state index contributed by atoms with van der Waals surface area (Å²) in [6.45, 7) is 11.0. The zero-order valence-corrected chi connectivity index (χ0v) is 12.5. The molecule has 2 rings (SSSR count). The van der Waals surface area contributed by atoms with Gasteiger partial charge in [-0.1, -0.05) is 40.7 Å². The molecule has 0 unspecified atom stereocenters. The summed E-state index contributed by atoms with van der Waals surface area (Å²) in [5.74, 6) is 0.511. The van der Waals surface area contributed by atoms with E-state index in [1.165, 1.54) is 5.56 Å². The Balaban J connectivity index is 2.18. The van der Waals surface area contributed by atoms with Crippen molar-refractivity contribution in [3.8, 4) is 11.4 Å². The van der Waals surface area contributed by atoms with Gasteiger partial charge >= 0.3 is 0 Å². The molecule has 0 spiro atoms. The summed E-state index contributed by atoms with van der Waals surface area (Å²) >= 11 is 0. The number of nitrogens with zero attached hydrogens (tertiary/aromatic N) is 2. The minimum atomic E-state index is 0.263. The lowest BCUT2D eigenvalue weighted by molar-refractivity contribution is 0.406. The molecule has 0 aliphatic rings. The Kier molecular flexibility index (Phi) is 3.74. The highest BCUT2D eigenvalue weighted by Gasteiger charge is 2.14. The molecule has 0 fully saturated rings. The second-order valence-electron chi connectivity index (χ2n) is 6.65. The van der Waals surface area contributed by atoms with Gasteiger partial charge in [-0.3, -0.25) is 10.1 Å². The fourth-order valence-electron chi connectivity index (χ4n) is 2.05. The summed E-state index contributed by atoms with van der Waals surface area (Å²) in [7, 11) is 0. The molecule has 0 radical (unpaired) electrons. The molecule has 0 aliphatic carbocycles. The molecule has 2 aromatic heterocycles. The molecular weight excluding hydrogens is 234 g/mol. The second-order valence-corrected chi connectivity index (χ2v) is 6.65. The van der Waals surface area contributed by atoms with E-state index in [4.69, 9.17) is 0 Å². The van der Waals surface area contributed by atoms with Crippen molar-refractivity contribution in [2.45, 2.75) is 47.0 Å². The molecule has 2 heterocycles. The quantitative estimate of drug-likeness (QED) is 0.896. The number of pyridine rings is 1. The standard InChI is InChI=1S/C16H23N3/c1-11(2)12-6-7-14(17-10-12)15-8-13(18-19-15)9-16(3,4)5/h6-8,10-11H,9H2,1-5H3,(H,18,19). The van der Waals surface area contributed by atoms with Crippen molar-refractivity contribution in [1.82, 2.24) is 15.2 Å². The maximum atomic E-state index is 4.50.